The third-order valence-corrected chi connectivity index (χ3v) is 4.81. The van der Waals surface area contributed by atoms with Crippen LogP contribution >= 0.6 is 0 Å². The fourth-order valence-corrected chi connectivity index (χ4v) is 3.54. The summed E-state index contributed by atoms with van der Waals surface area (Å²) in [6.07, 6.45) is 4.03. The Labute approximate surface area is 128 Å². The number of nitrogens with zero attached hydrogens (tertiary/aromatic N) is 3. The molecule has 6 nitrogen and oxygen atoms in total. The van der Waals surface area contributed by atoms with Gasteiger partial charge in [0.1, 0.15) is 5.65 Å². The van der Waals surface area contributed by atoms with Gasteiger partial charge >= 0.3 is 0 Å². The van der Waals surface area contributed by atoms with Crippen molar-refractivity contribution in [2.45, 2.75) is 13.3 Å². The molecule has 0 spiro atoms. The van der Waals surface area contributed by atoms with Crippen molar-refractivity contribution in [1.82, 2.24) is 19.6 Å². The van der Waals surface area contributed by atoms with E-state index in [4.69, 9.17) is 0 Å². The summed E-state index contributed by atoms with van der Waals surface area (Å²) < 4.78 is 1.97. The van der Waals surface area contributed by atoms with Crippen LogP contribution in [0.4, 0.5) is 0 Å². The number of fused-ring (bicyclic) bond motifs is 2. The number of rotatable bonds is 2. The van der Waals surface area contributed by atoms with E-state index in [1.54, 1.807) is 6.20 Å². The number of amides is 2. The number of imidazole rings is 1. The fraction of sp³-hybridized carbons (Fsp3) is 0.438. The third kappa shape index (κ3) is 1.98. The Kier molecular flexibility index (Phi) is 2.92. The van der Waals surface area contributed by atoms with Gasteiger partial charge in [-0.2, -0.15) is 0 Å². The number of pyridine rings is 1. The van der Waals surface area contributed by atoms with Crippen molar-refractivity contribution < 1.29 is 9.59 Å². The minimum Gasteiger partial charge on any atom is -0.355 e. The Morgan fingerprint density at radius 3 is 3.14 bits per heavy atom. The van der Waals surface area contributed by atoms with Gasteiger partial charge in [-0.1, -0.05) is 6.07 Å². The van der Waals surface area contributed by atoms with Crippen LogP contribution in [0.2, 0.25) is 0 Å². The number of carbonyl (C=O) groups is 2. The number of carbonyl (C=O) groups excluding carboxylic acids is 2. The minimum atomic E-state index is -0.0200. The van der Waals surface area contributed by atoms with E-state index in [1.807, 2.05) is 34.6 Å². The first-order valence-corrected chi connectivity index (χ1v) is 7.60. The van der Waals surface area contributed by atoms with Crippen molar-refractivity contribution in [2.75, 3.05) is 19.6 Å². The number of likely N-dealkylation sites (tertiary alicyclic amines) is 1. The molecule has 2 saturated heterocycles. The average molecular weight is 298 g/mol. The van der Waals surface area contributed by atoms with E-state index < -0.39 is 0 Å². The van der Waals surface area contributed by atoms with E-state index in [0.717, 1.165) is 16.9 Å². The Balaban J connectivity index is 1.52. The molecule has 114 valence electrons. The summed E-state index contributed by atoms with van der Waals surface area (Å²) in [5.41, 5.74) is 2.88. The standard InChI is InChI=1S/C16H18N4O2/c1-10-3-2-4-20-12(7-17-15(10)20)5-14(21)19-8-11-6-18-16(22)13(11)9-19/h2-4,7,11,13H,5-6,8-9H2,1H3,(H,18,22)/t11-,13+/m0/s1. The molecule has 0 radical (unpaired) electrons. The molecule has 2 atom stereocenters. The zero-order chi connectivity index (χ0) is 15.3. The molecule has 2 aliphatic heterocycles. The van der Waals surface area contributed by atoms with E-state index >= 15 is 0 Å². The van der Waals surface area contributed by atoms with Crippen LogP contribution in [-0.4, -0.2) is 45.7 Å². The largest absolute Gasteiger partial charge is 0.355 e. The normalized spacial score (nSPS) is 23.9. The van der Waals surface area contributed by atoms with E-state index in [0.29, 0.717) is 26.1 Å². The third-order valence-electron chi connectivity index (χ3n) is 4.81. The van der Waals surface area contributed by atoms with Crippen molar-refractivity contribution in [3.05, 3.63) is 35.8 Å². The molecule has 4 rings (SSSR count). The van der Waals surface area contributed by atoms with E-state index in [2.05, 4.69) is 10.3 Å². The van der Waals surface area contributed by atoms with Crippen LogP contribution in [0.3, 0.4) is 0 Å². The van der Waals surface area contributed by atoms with Gasteiger partial charge in [0.05, 0.1) is 18.0 Å². The van der Waals surface area contributed by atoms with E-state index in [1.165, 1.54) is 0 Å². The van der Waals surface area contributed by atoms with E-state index in [9.17, 15) is 9.59 Å². The van der Waals surface area contributed by atoms with Crippen molar-refractivity contribution in [3.8, 4) is 0 Å². The number of aryl methyl sites for hydroxylation is 1. The second kappa shape index (κ2) is 4.83. The van der Waals surface area contributed by atoms with Crippen molar-refractivity contribution >= 4 is 17.5 Å². The molecule has 2 fully saturated rings. The maximum Gasteiger partial charge on any atom is 0.228 e. The molecule has 1 N–H and O–H groups in total. The second-order valence-electron chi connectivity index (χ2n) is 6.22. The highest BCUT2D eigenvalue weighted by atomic mass is 16.2. The molecular formula is C16H18N4O2. The topological polar surface area (TPSA) is 66.7 Å². The Bertz CT molecular complexity index is 767. The average Bonchev–Trinajstić information content (AvgIpc) is 3.17. The Morgan fingerprint density at radius 1 is 1.45 bits per heavy atom. The zero-order valence-corrected chi connectivity index (χ0v) is 12.5. The Morgan fingerprint density at radius 2 is 2.32 bits per heavy atom. The van der Waals surface area contributed by atoms with Crippen molar-refractivity contribution in [3.63, 3.8) is 0 Å². The monoisotopic (exact) mass is 298 g/mol. The van der Waals surface area contributed by atoms with Crippen LogP contribution < -0.4 is 5.32 Å². The first kappa shape index (κ1) is 13.3. The summed E-state index contributed by atoms with van der Waals surface area (Å²) in [6.45, 7) is 3.93. The maximum absolute atomic E-state index is 12.5. The lowest BCUT2D eigenvalue weighted by Gasteiger charge is -2.17. The maximum atomic E-state index is 12.5. The van der Waals surface area contributed by atoms with Crippen LogP contribution in [0, 0.1) is 18.8 Å². The molecule has 0 aromatic carbocycles. The molecule has 22 heavy (non-hydrogen) atoms. The van der Waals surface area contributed by atoms with Crippen LogP contribution in [0.5, 0.6) is 0 Å². The summed E-state index contributed by atoms with van der Waals surface area (Å²) in [5, 5.41) is 2.87. The molecular weight excluding hydrogens is 280 g/mol. The summed E-state index contributed by atoms with van der Waals surface area (Å²) in [4.78, 5) is 30.4. The van der Waals surface area contributed by atoms with Gasteiger partial charge in [0.15, 0.2) is 0 Å². The summed E-state index contributed by atoms with van der Waals surface area (Å²) in [5.74, 6) is 0.422. The molecule has 2 aromatic heterocycles. The van der Waals surface area contributed by atoms with Gasteiger partial charge in [-0.3, -0.25) is 9.59 Å². The van der Waals surface area contributed by atoms with Gasteiger partial charge in [-0.25, -0.2) is 4.98 Å². The number of nitrogens with one attached hydrogen (secondary N) is 1. The van der Waals surface area contributed by atoms with Gasteiger partial charge in [0, 0.05) is 37.9 Å². The summed E-state index contributed by atoms with van der Waals surface area (Å²) >= 11 is 0. The smallest absolute Gasteiger partial charge is 0.228 e. The predicted octanol–water partition coefficient (Wildman–Crippen LogP) is 0.390. The molecule has 0 bridgehead atoms. The first-order valence-electron chi connectivity index (χ1n) is 7.60. The van der Waals surface area contributed by atoms with Gasteiger partial charge in [-0.15, -0.1) is 0 Å². The number of hydrogen-bond donors (Lipinski definition) is 1. The van der Waals surface area contributed by atoms with Crippen LogP contribution in [-0.2, 0) is 16.0 Å². The molecule has 2 aliphatic rings. The lowest BCUT2D eigenvalue weighted by atomic mass is 10.0. The first-order chi connectivity index (χ1) is 10.6. The summed E-state index contributed by atoms with van der Waals surface area (Å²) in [6, 6.07) is 3.97. The summed E-state index contributed by atoms with van der Waals surface area (Å²) in [7, 11) is 0. The molecule has 0 unspecified atom stereocenters. The SMILES string of the molecule is Cc1cccn2c(CC(=O)N3C[C@@H]4CNC(=O)[C@@H]4C3)cnc12. The highest BCUT2D eigenvalue weighted by molar-refractivity contribution is 5.85. The van der Waals surface area contributed by atoms with E-state index in [-0.39, 0.29) is 23.7 Å². The molecule has 0 saturated carbocycles. The Hall–Kier alpha value is -2.37. The minimum absolute atomic E-state index is 0.0200. The van der Waals surface area contributed by atoms with Gasteiger partial charge in [-0.05, 0) is 18.6 Å². The van der Waals surface area contributed by atoms with Gasteiger partial charge in [0.2, 0.25) is 11.8 Å². The number of aromatic nitrogens is 2. The molecule has 4 heterocycles. The van der Waals surface area contributed by atoms with Crippen LogP contribution in [0.15, 0.2) is 24.5 Å². The van der Waals surface area contributed by atoms with Crippen molar-refractivity contribution in [1.29, 1.82) is 0 Å². The lowest BCUT2D eigenvalue weighted by Crippen LogP contribution is -2.34. The molecule has 2 amide bonds. The van der Waals surface area contributed by atoms with Crippen LogP contribution in [0.25, 0.3) is 5.65 Å². The highest BCUT2D eigenvalue weighted by Gasteiger charge is 2.43. The second-order valence-corrected chi connectivity index (χ2v) is 6.22. The van der Waals surface area contributed by atoms with Crippen molar-refractivity contribution in [2.24, 2.45) is 11.8 Å². The molecule has 2 aromatic rings. The number of hydrogen-bond acceptors (Lipinski definition) is 3. The van der Waals surface area contributed by atoms with Gasteiger partial charge in [0.25, 0.3) is 0 Å². The zero-order valence-electron chi connectivity index (χ0n) is 12.5. The molecule has 6 heteroatoms. The van der Waals surface area contributed by atoms with Crippen LogP contribution in [0.1, 0.15) is 11.3 Å². The predicted molar refractivity (Wildman–Crippen MR) is 80.2 cm³/mol. The lowest BCUT2D eigenvalue weighted by molar-refractivity contribution is -0.130. The van der Waals surface area contributed by atoms with Gasteiger partial charge < -0.3 is 14.6 Å². The molecule has 0 aliphatic carbocycles. The quantitative estimate of drug-likeness (QED) is 0.872. The fourth-order valence-electron chi connectivity index (χ4n) is 3.54. The highest BCUT2D eigenvalue weighted by Crippen LogP contribution is 2.27.